The number of ether oxygens (including phenoxy) is 1. The number of ketones is 1. The molecule has 5 nitrogen and oxygen atoms in total. The Hall–Kier alpha value is -1.65. The number of carbonyl (C=O) groups excluding carboxylic acids is 2. The minimum Gasteiger partial charge on any atom is -0.460 e. The van der Waals surface area contributed by atoms with Crippen LogP contribution in [-0.4, -0.2) is 23.5 Å². The van der Waals surface area contributed by atoms with Crippen molar-refractivity contribution >= 4 is 11.8 Å². The van der Waals surface area contributed by atoms with E-state index in [4.69, 9.17) is 0 Å². The number of hydrogen-bond acceptors (Lipinski definition) is 5. The molecule has 5 heteroatoms. The van der Waals surface area contributed by atoms with Crippen LogP contribution >= 0.6 is 0 Å². The van der Waals surface area contributed by atoms with Crippen LogP contribution in [0.1, 0.15) is 34.9 Å². The lowest BCUT2D eigenvalue weighted by molar-refractivity contribution is 0.0479. The molecule has 70 valence electrons. The van der Waals surface area contributed by atoms with Gasteiger partial charge in [-0.2, -0.15) is 0 Å². The van der Waals surface area contributed by atoms with Crippen molar-refractivity contribution in [3.8, 4) is 0 Å². The molecule has 0 unspecified atom stereocenters. The van der Waals surface area contributed by atoms with E-state index >= 15 is 0 Å². The normalized spacial score (nSPS) is 9.69. The first-order chi connectivity index (χ1) is 6.15. The molecule has 0 saturated heterocycles. The Labute approximate surface area is 74.7 Å². The van der Waals surface area contributed by atoms with Crippen LogP contribution in [0.3, 0.4) is 0 Å². The zero-order valence-corrected chi connectivity index (χ0v) is 7.36. The maximum atomic E-state index is 11.0. The molecule has 0 radical (unpaired) electrons. The highest BCUT2D eigenvalue weighted by Crippen LogP contribution is 2.05. The number of hydrogen-bond donors (Lipinski definition) is 0. The van der Waals surface area contributed by atoms with E-state index in [0.29, 0.717) is 0 Å². The van der Waals surface area contributed by atoms with Gasteiger partial charge >= 0.3 is 5.97 Å². The Kier molecular flexibility index (Phi) is 2.79. The van der Waals surface area contributed by atoms with Crippen molar-refractivity contribution in [2.45, 2.75) is 13.8 Å². The monoisotopic (exact) mass is 183 g/mol. The van der Waals surface area contributed by atoms with E-state index in [0.717, 1.165) is 0 Å². The van der Waals surface area contributed by atoms with Gasteiger partial charge < -0.3 is 9.26 Å². The molecule has 0 aliphatic carbocycles. The Morgan fingerprint density at radius 2 is 2.31 bits per heavy atom. The molecule has 1 heterocycles. The van der Waals surface area contributed by atoms with Crippen molar-refractivity contribution in [3.05, 3.63) is 17.5 Å². The van der Waals surface area contributed by atoms with E-state index in [1.165, 1.54) is 13.0 Å². The lowest BCUT2D eigenvalue weighted by Gasteiger charge is -1.94. The van der Waals surface area contributed by atoms with Crippen molar-refractivity contribution in [2.75, 3.05) is 6.61 Å². The Morgan fingerprint density at radius 1 is 1.62 bits per heavy atom. The minimum atomic E-state index is -0.609. The second-order valence-electron chi connectivity index (χ2n) is 2.35. The quantitative estimate of drug-likeness (QED) is 0.517. The summed E-state index contributed by atoms with van der Waals surface area (Å²) in [5, 5.41) is 3.39. The summed E-state index contributed by atoms with van der Waals surface area (Å²) in [5.41, 5.74) is 0.128. The summed E-state index contributed by atoms with van der Waals surface area (Å²) >= 11 is 0. The molecule has 1 rings (SSSR count). The molecule has 0 N–H and O–H groups in total. The lowest BCUT2D eigenvalue weighted by atomic mass is 10.3. The van der Waals surface area contributed by atoms with Gasteiger partial charge in [0.1, 0.15) is 5.69 Å². The fourth-order valence-corrected chi connectivity index (χ4v) is 0.740. The van der Waals surface area contributed by atoms with Crippen LogP contribution in [0.15, 0.2) is 10.6 Å². The zero-order valence-electron chi connectivity index (χ0n) is 7.36. The van der Waals surface area contributed by atoms with Crippen LogP contribution in [0.25, 0.3) is 0 Å². The van der Waals surface area contributed by atoms with Crippen LogP contribution < -0.4 is 0 Å². The van der Waals surface area contributed by atoms with Crippen molar-refractivity contribution in [1.82, 2.24) is 5.16 Å². The molecule has 0 spiro atoms. The van der Waals surface area contributed by atoms with Crippen molar-refractivity contribution in [2.24, 2.45) is 0 Å². The van der Waals surface area contributed by atoms with E-state index in [2.05, 4.69) is 14.4 Å². The van der Waals surface area contributed by atoms with Gasteiger partial charge in [0.2, 0.25) is 5.76 Å². The van der Waals surface area contributed by atoms with Crippen LogP contribution in [0.4, 0.5) is 0 Å². The largest absolute Gasteiger partial charge is 0.460 e. The SMILES string of the molecule is CCOC(=O)c1cc(C(C)=O)no1. The fourth-order valence-electron chi connectivity index (χ4n) is 0.740. The van der Waals surface area contributed by atoms with Gasteiger partial charge in [-0.1, -0.05) is 5.16 Å². The number of rotatable bonds is 3. The molecule has 0 atom stereocenters. The number of Topliss-reactive ketones (excluding diaryl/α,β-unsaturated/α-hetero) is 1. The highest BCUT2D eigenvalue weighted by molar-refractivity contribution is 5.95. The zero-order chi connectivity index (χ0) is 9.84. The molecular weight excluding hydrogens is 174 g/mol. The summed E-state index contributed by atoms with van der Waals surface area (Å²) in [7, 11) is 0. The molecular formula is C8H9NO4. The molecule has 0 aliphatic rings. The predicted octanol–water partition coefficient (Wildman–Crippen LogP) is 1.05. The first kappa shape index (κ1) is 9.44. The Morgan fingerprint density at radius 3 is 2.77 bits per heavy atom. The van der Waals surface area contributed by atoms with Gasteiger partial charge in [0, 0.05) is 13.0 Å². The standard InChI is InChI=1S/C8H9NO4/c1-3-12-8(11)7-4-6(5(2)10)9-13-7/h4H,3H2,1-2H3. The van der Waals surface area contributed by atoms with Gasteiger partial charge in [-0.3, -0.25) is 4.79 Å². The summed E-state index contributed by atoms with van der Waals surface area (Å²) in [4.78, 5) is 21.8. The number of aromatic nitrogens is 1. The van der Waals surface area contributed by atoms with E-state index in [9.17, 15) is 9.59 Å². The second kappa shape index (κ2) is 3.84. The van der Waals surface area contributed by atoms with E-state index in [-0.39, 0.29) is 23.8 Å². The average molecular weight is 183 g/mol. The van der Waals surface area contributed by atoms with Gasteiger partial charge in [0.25, 0.3) is 0 Å². The first-order valence-electron chi connectivity index (χ1n) is 3.80. The molecule has 13 heavy (non-hydrogen) atoms. The Bertz CT molecular complexity index is 329. The first-order valence-corrected chi connectivity index (χ1v) is 3.80. The third-order valence-corrected chi connectivity index (χ3v) is 1.35. The van der Waals surface area contributed by atoms with Crippen LogP contribution in [0.5, 0.6) is 0 Å². The van der Waals surface area contributed by atoms with Crippen molar-refractivity contribution in [1.29, 1.82) is 0 Å². The Balaban J connectivity index is 2.79. The van der Waals surface area contributed by atoms with E-state index in [1.807, 2.05) is 0 Å². The van der Waals surface area contributed by atoms with Crippen LogP contribution in [0, 0.1) is 0 Å². The maximum Gasteiger partial charge on any atom is 0.377 e. The molecule has 1 aromatic heterocycles. The minimum absolute atomic E-state index is 0.0490. The van der Waals surface area contributed by atoms with Gasteiger partial charge in [0.05, 0.1) is 6.61 Å². The number of carbonyl (C=O) groups is 2. The molecule has 0 aliphatic heterocycles. The molecule has 0 aromatic carbocycles. The molecule has 0 fully saturated rings. The highest BCUT2D eigenvalue weighted by Gasteiger charge is 2.15. The third kappa shape index (κ3) is 2.14. The summed E-state index contributed by atoms with van der Waals surface area (Å²) in [6.07, 6.45) is 0. The van der Waals surface area contributed by atoms with Gasteiger partial charge in [-0.05, 0) is 6.92 Å². The van der Waals surface area contributed by atoms with E-state index in [1.54, 1.807) is 6.92 Å². The predicted molar refractivity (Wildman–Crippen MR) is 42.5 cm³/mol. The highest BCUT2D eigenvalue weighted by atomic mass is 16.6. The van der Waals surface area contributed by atoms with Crippen LogP contribution in [-0.2, 0) is 4.74 Å². The molecule has 1 aromatic rings. The van der Waals surface area contributed by atoms with Gasteiger partial charge in [-0.15, -0.1) is 0 Å². The summed E-state index contributed by atoms with van der Waals surface area (Å²) in [6.45, 7) is 3.28. The van der Waals surface area contributed by atoms with E-state index < -0.39 is 5.97 Å². The summed E-state index contributed by atoms with van der Waals surface area (Å²) in [6, 6.07) is 1.26. The fraction of sp³-hybridized carbons (Fsp3) is 0.375. The molecule has 0 bridgehead atoms. The maximum absolute atomic E-state index is 11.0. The second-order valence-corrected chi connectivity index (χ2v) is 2.35. The summed E-state index contributed by atoms with van der Waals surface area (Å²) in [5.74, 6) is -0.908. The molecule has 0 saturated carbocycles. The smallest absolute Gasteiger partial charge is 0.377 e. The number of nitrogens with zero attached hydrogens (tertiary/aromatic N) is 1. The van der Waals surface area contributed by atoms with Gasteiger partial charge in [0.15, 0.2) is 5.78 Å². The van der Waals surface area contributed by atoms with Gasteiger partial charge in [-0.25, -0.2) is 4.79 Å². The summed E-state index contributed by atoms with van der Waals surface area (Å²) < 4.78 is 9.23. The van der Waals surface area contributed by atoms with Crippen LogP contribution in [0.2, 0.25) is 0 Å². The average Bonchev–Trinajstić information content (AvgIpc) is 2.52. The van der Waals surface area contributed by atoms with Crippen molar-refractivity contribution < 1.29 is 18.8 Å². The topological polar surface area (TPSA) is 69.4 Å². The van der Waals surface area contributed by atoms with Crippen molar-refractivity contribution in [3.63, 3.8) is 0 Å². The lowest BCUT2D eigenvalue weighted by Crippen LogP contribution is -2.02. The number of esters is 1. The molecule has 0 amide bonds. The third-order valence-electron chi connectivity index (χ3n) is 1.35.